The van der Waals surface area contributed by atoms with E-state index in [2.05, 4.69) is 17.1 Å². The van der Waals surface area contributed by atoms with E-state index >= 15 is 0 Å². The van der Waals surface area contributed by atoms with Crippen LogP contribution in [0.4, 0.5) is 0 Å². The first kappa shape index (κ1) is 17.2. The molecule has 1 amide bonds. The number of amides is 1. The molecule has 1 saturated heterocycles. The topological polar surface area (TPSA) is 32.3 Å². The number of thiophene rings is 1. The molecule has 20 heavy (non-hydrogen) atoms. The lowest BCUT2D eigenvalue weighted by Gasteiger charge is -2.26. The van der Waals surface area contributed by atoms with Gasteiger partial charge < -0.3 is 10.2 Å². The van der Waals surface area contributed by atoms with Crippen LogP contribution in [0.3, 0.4) is 0 Å². The highest BCUT2D eigenvalue weighted by Crippen LogP contribution is 2.15. The number of nitrogens with zero attached hydrogens (tertiary/aromatic N) is 1. The summed E-state index contributed by atoms with van der Waals surface area (Å²) < 4.78 is 0. The van der Waals surface area contributed by atoms with Crippen molar-refractivity contribution in [2.45, 2.75) is 46.5 Å². The molecule has 1 aromatic heterocycles. The summed E-state index contributed by atoms with van der Waals surface area (Å²) in [6, 6.07) is 2.00. The molecule has 0 atom stereocenters. The zero-order valence-electron chi connectivity index (χ0n) is 11.8. The lowest BCUT2D eigenvalue weighted by atomic mass is 10.1. The number of likely N-dealkylation sites (tertiary alicyclic amines) is 1. The standard InChI is InChI=1S/C15H24N2OS.CH4.H2/c1-2-14-11-13(12-19-14)15(18)16-7-6-10-17-8-4-3-5-9-17;;/h11-12H,2-10H2,1H3,(H,16,18);1H4;1H. The quantitative estimate of drug-likeness (QED) is 0.810. The van der Waals surface area contributed by atoms with Crippen molar-refractivity contribution >= 4 is 17.2 Å². The SMILES string of the molecule is C.CCc1cc(C(=O)NCCCN2CCCCC2)cs1.[HH]. The second-order valence-corrected chi connectivity index (χ2v) is 6.16. The number of hydrogen-bond donors (Lipinski definition) is 1. The maximum Gasteiger partial charge on any atom is 0.252 e. The largest absolute Gasteiger partial charge is 0.352 e. The van der Waals surface area contributed by atoms with Crippen LogP contribution in [0.2, 0.25) is 0 Å². The highest BCUT2D eigenvalue weighted by Gasteiger charge is 2.10. The van der Waals surface area contributed by atoms with Gasteiger partial charge in [0.25, 0.3) is 5.91 Å². The van der Waals surface area contributed by atoms with Crippen LogP contribution < -0.4 is 5.32 Å². The van der Waals surface area contributed by atoms with E-state index in [1.807, 2.05) is 11.4 Å². The Morgan fingerprint density at radius 3 is 2.80 bits per heavy atom. The Morgan fingerprint density at radius 1 is 1.40 bits per heavy atom. The van der Waals surface area contributed by atoms with Crippen molar-refractivity contribution in [1.29, 1.82) is 0 Å². The van der Waals surface area contributed by atoms with Gasteiger partial charge in [-0.05, 0) is 51.4 Å². The van der Waals surface area contributed by atoms with Crippen molar-refractivity contribution < 1.29 is 6.22 Å². The first-order chi connectivity index (χ1) is 9.29. The maximum absolute atomic E-state index is 11.9. The van der Waals surface area contributed by atoms with Crippen LogP contribution in [-0.4, -0.2) is 37.0 Å². The van der Waals surface area contributed by atoms with E-state index in [9.17, 15) is 4.79 Å². The smallest absolute Gasteiger partial charge is 0.252 e. The molecule has 116 valence electrons. The zero-order chi connectivity index (χ0) is 13.5. The van der Waals surface area contributed by atoms with E-state index in [0.29, 0.717) is 0 Å². The molecule has 1 fully saturated rings. The Bertz CT molecular complexity index is 403. The van der Waals surface area contributed by atoms with E-state index in [-0.39, 0.29) is 14.8 Å². The molecule has 3 nitrogen and oxygen atoms in total. The molecular formula is C16H30N2OS. The summed E-state index contributed by atoms with van der Waals surface area (Å²) in [6.07, 6.45) is 6.11. The van der Waals surface area contributed by atoms with Crippen LogP contribution in [0.5, 0.6) is 0 Å². The molecule has 1 aromatic rings. The van der Waals surface area contributed by atoms with Gasteiger partial charge in [-0.2, -0.15) is 0 Å². The lowest BCUT2D eigenvalue weighted by Crippen LogP contribution is -2.33. The normalized spacial score (nSPS) is 15.7. The average molecular weight is 298 g/mol. The molecule has 0 unspecified atom stereocenters. The summed E-state index contributed by atoms with van der Waals surface area (Å²) in [5, 5.41) is 4.97. The van der Waals surface area contributed by atoms with Crippen LogP contribution in [0.15, 0.2) is 11.4 Å². The van der Waals surface area contributed by atoms with Gasteiger partial charge in [0, 0.05) is 18.2 Å². The Kier molecular flexibility index (Phi) is 7.85. The van der Waals surface area contributed by atoms with Crippen molar-refractivity contribution in [1.82, 2.24) is 10.2 Å². The fraction of sp³-hybridized carbons (Fsp3) is 0.688. The number of nitrogens with one attached hydrogen (secondary N) is 1. The minimum Gasteiger partial charge on any atom is -0.352 e. The van der Waals surface area contributed by atoms with Gasteiger partial charge in [-0.1, -0.05) is 20.8 Å². The van der Waals surface area contributed by atoms with E-state index in [1.165, 1.54) is 37.2 Å². The van der Waals surface area contributed by atoms with Crippen LogP contribution in [0.25, 0.3) is 0 Å². The van der Waals surface area contributed by atoms with Crippen molar-refractivity contribution in [3.05, 3.63) is 21.9 Å². The number of aryl methyl sites for hydroxylation is 1. The second kappa shape index (κ2) is 9.14. The van der Waals surface area contributed by atoms with Gasteiger partial charge in [0.15, 0.2) is 0 Å². The molecule has 4 heteroatoms. The van der Waals surface area contributed by atoms with Crippen LogP contribution in [0.1, 0.15) is 56.7 Å². The van der Waals surface area contributed by atoms with Crippen LogP contribution in [-0.2, 0) is 6.42 Å². The predicted molar refractivity (Wildman–Crippen MR) is 89.8 cm³/mol. The molecule has 0 spiro atoms. The fourth-order valence-corrected chi connectivity index (χ4v) is 3.29. The van der Waals surface area contributed by atoms with E-state index < -0.39 is 0 Å². The Balaban J connectivity index is 0.00000200. The number of carbonyl (C=O) groups excluding carboxylic acids is 1. The van der Waals surface area contributed by atoms with Crippen molar-refractivity contribution in [3.63, 3.8) is 0 Å². The summed E-state index contributed by atoms with van der Waals surface area (Å²) in [5.74, 6) is 0.0783. The third-order valence-electron chi connectivity index (χ3n) is 3.65. The van der Waals surface area contributed by atoms with Crippen LogP contribution >= 0.6 is 11.3 Å². The van der Waals surface area contributed by atoms with E-state index in [4.69, 9.17) is 0 Å². The summed E-state index contributed by atoms with van der Waals surface area (Å²) in [4.78, 5) is 15.7. The Labute approximate surface area is 128 Å². The lowest BCUT2D eigenvalue weighted by molar-refractivity contribution is 0.0951. The number of hydrogen-bond acceptors (Lipinski definition) is 3. The minimum atomic E-state index is 0. The van der Waals surface area contributed by atoms with Gasteiger partial charge in [0.1, 0.15) is 0 Å². The van der Waals surface area contributed by atoms with Gasteiger partial charge >= 0.3 is 0 Å². The number of carbonyl (C=O) groups is 1. The molecule has 0 aromatic carbocycles. The third kappa shape index (κ3) is 5.25. The summed E-state index contributed by atoms with van der Waals surface area (Å²) in [5.41, 5.74) is 0.819. The van der Waals surface area contributed by atoms with Gasteiger partial charge in [-0.3, -0.25) is 4.79 Å². The number of rotatable bonds is 6. The highest BCUT2D eigenvalue weighted by atomic mass is 32.1. The monoisotopic (exact) mass is 298 g/mol. The molecule has 0 aliphatic carbocycles. The van der Waals surface area contributed by atoms with Crippen molar-refractivity contribution in [2.75, 3.05) is 26.2 Å². The molecule has 2 heterocycles. The molecule has 1 aliphatic rings. The zero-order valence-corrected chi connectivity index (χ0v) is 12.6. The predicted octanol–water partition coefficient (Wildman–Crippen LogP) is 3.80. The summed E-state index contributed by atoms with van der Waals surface area (Å²) in [7, 11) is 0. The van der Waals surface area contributed by atoms with Gasteiger partial charge in [-0.15, -0.1) is 11.3 Å². The highest BCUT2D eigenvalue weighted by molar-refractivity contribution is 7.10. The average Bonchev–Trinajstić information content (AvgIpc) is 2.93. The van der Waals surface area contributed by atoms with Gasteiger partial charge in [0.2, 0.25) is 0 Å². The van der Waals surface area contributed by atoms with E-state index in [0.717, 1.165) is 31.5 Å². The molecule has 0 radical (unpaired) electrons. The van der Waals surface area contributed by atoms with E-state index in [1.54, 1.807) is 11.3 Å². The Hall–Kier alpha value is -0.870. The number of piperidine rings is 1. The molecular weight excluding hydrogens is 268 g/mol. The first-order valence-corrected chi connectivity index (χ1v) is 8.25. The minimum absolute atomic E-state index is 0. The third-order valence-corrected chi connectivity index (χ3v) is 4.73. The second-order valence-electron chi connectivity index (χ2n) is 5.17. The van der Waals surface area contributed by atoms with Crippen LogP contribution in [0, 0.1) is 0 Å². The van der Waals surface area contributed by atoms with Gasteiger partial charge in [0.05, 0.1) is 5.56 Å². The van der Waals surface area contributed by atoms with Crippen molar-refractivity contribution in [2.24, 2.45) is 0 Å². The molecule has 2 rings (SSSR count). The molecule has 1 N–H and O–H groups in total. The maximum atomic E-state index is 11.9. The Morgan fingerprint density at radius 2 is 2.15 bits per heavy atom. The van der Waals surface area contributed by atoms with Gasteiger partial charge in [-0.25, -0.2) is 0 Å². The first-order valence-electron chi connectivity index (χ1n) is 7.37. The molecule has 0 bridgehead atoms. The summed E-state index contributed by atoms with van der Waals surface area (Å²) in [6.45, 7) is 6.49. The molecule has 1 aliphatic heterocycles. The van der Waals surface area contributed by atoms with Crippen molar-refractivity contribution in [3.8, 4) is 0 Å². The fourth-order valence-electron chi connectivity index (χ4n) is 2.47. The molecule has 0 saturated carbocycles. The summed E-state index contributed by atoms with van der Waals surface area (Å²) >= 11 is 1.67.